The molecule has 7 heteroatoms. The molecule has 0 aliphatic rings. The molecule has 2 rings (SSSR count). The molecule has 0 saturated heterocycles. The van der Waals surface area contributed by atoms with Crippen LogP contribution in [0.4, 0.5) is 0 Å². The number of thioether (sulfide) groups is 1. The Labute approximate surface area is 113 Å². The molecule has 2 heterocycles. The van der Waals surface area contributed by atoms with E-state index < -0.39 is 5.97 Å². The molecule has 0 aliphatic carbocycles. The lowest BCUT2D eigenvalue weighted by Crippen LogP contribution is -2.06. The summed E-state index contributed by atoms with van der Waals surface area (Å²) in [5.74, 6) is -0.0480. The fraction of sp³-hybridized carbons (Fsp3) is 0.364. The standard InChI is InChI=1S/C11H13N3O2S2/c1-7-4-17-5-9(7)3-14-8(2)12-13-11(14)18-6-10(15)16/h4-5H,3,6H2,1-2H3,(H,15,16). The third kappa shape index (κ3) is 2.91. The number of hydrogen-bond donors (Lipinski definition) is 1. The maximum Gasteiger partial charge on any atom is 0.313 e. The van der Waals surface area contributed by atoms with Crippen molar-refractivity contribution < 1.29 is 9.90 Å². The molecule has 0 aliphatic heterocycles. The van der Waals surface area contributed by atoms with Crippen LogP contribution in [0.3, 0.4) is 0 Å². The van der Waals surface area contributed by atoms with Crippen LogP contribution in [0.5, 0.6) is 0 Å². The number of aliphatic carboxylic acids is 1. The number of thiophene rings is 1. The average molecular weight is 283 g/mol. The number of nitrogens with zero attached hydrogens (tertiary/aromatic N) is 3. The van der Waals surface area contributed by atoms with Gasteiger partial charge in [0.05, 0.1) is 12.3 Å². The smallest absolute Gasteiger partial charge is 0.313 e. The highest BCUT2D eigenvalue weighted by molar-refractivity contribution is 7.99. The van der Waals surface area contributed by atoms with Crippen molar-refractivity contribution >= 4 is 29.1 Å². The first-order valence-corrected chi connectivity index (χ1v) is 7.27. The van der Waals surface area contributed by atoms with E-state index in [1.165, 1.54) is 22.9 Å². The Kier molecular flexibility index (Phi) is 4.03. The van der Waals surface area contributed by atoms with Crippen molar-refractivity contribution in [2.75, 3.05) is 5.75 Å². The molecule has 0 bridgehead atoms. The highest BCUT2D eigenvalue weighted by Gasteiger charge is 2.12. The van der Waals surface area contributed by atoms with Crippen LogP contribution in [0.2, 0.25) is 0 Å². The van der Waals surface area contributed by atoms with Gasteiger partial charge in [-0.05, 0) is 35.7 Å². The second-order valence-electron chi connectivity index (χ2n) is 3.88. The summed E-state index contributed by atoms with van der Waals surface area (Å²) < 4.78 is 1.95. The van der Waals surface area contributed by atoms with Crippen LogP contribution >= 0.6 is 23.1 Å². The topological polar surface area (TPSA) is 68.0 Å². The molecule has 96 valence electrons. The molecule has 0 unspecified atom stereocenters. The van der Waals surface area contributed by atoms with Crippen molar-refractivity contribution in [3.8, 4) is 0 Å². The minimum atomic E-state index is -0.848. The molecule has 2 aromatic rings. The molecule has 0 aromatic carbocycles. The van der Waals surface area contributed by atoms with Gasteiger partial charge < -0.3 is 9.67 Å². The van der Waals surface area contributed by atoms with Crippen LogP contribution in [0.25, 0.3) is 0 Å². The summed E-state index contributed by atoms with van der Waals surface area (Å²) in [5.41, 5.74) is 2.46. The number of hydrogen-bond acceptors (Lipinski definition) is 5. The van der Waals surface area contributed by atoms with E-state index in [0.717, 1.165) is 5.82 Å². The zero-order chi connectivity index (χ0) is 13.1. The van der Waals surface area contributed by atoms with E-state index in [-0.39, 0.29) is 5.75 Å². The van der Waals surface area contributed by atoms with Gasteiger partial charge in [0, 0.05) is 0 Å². The number of aromatic nitrogens is 3. The molecule has 5 nitrogen and oxygen atoms in total. The Hall–Kier alpha value is -1.34. The van der Waals surface area contributed by atoms with Crippen LogP contribution < -0.4 is 0 Å². The summed E-state index contributed by atoms with van der Waals surface area (Å²) in [6, 6.07) is 0. The zero-order valence-electron chi connectivity index (χ0n) is 10.1. The summed E-state index contributed by atoms with van der Waals surface area (Å²) in [5, 5.41) is 21.6. The quantitative estimate of drug-likeness (QED) is 0.852. The average Bonchev–Trinajstić information content (AvgIpc) is 2.86. The van der Waals surface area contributed by atoms with Crippen LogP contribution in [0.15, 0.2) is 15.9 Å². The molecule has 1 N–H and O–H groups in total. The van der Waals surface area contributed by atoms with Crippen LogP contribution in [-0.4, -0.2) is 31.6 Å². The van der Waals surface area contributed by atoms with Gasteiger partial charge in [-0.15, -0.1) is 10.2 Å². The zero-order valence-corrected chi connectivity index (χ0v) is 11.7. The molecule has 0 fully saturated rings. The fourth-order valence-electron chi connectivity index (χ4n) is 1.50. The van der Waals surface area contributed by atoms with Gasteiger partial charge in [0.15, 0.2) is 5.16 Å². The van der Waals surface area contributed by atoms with Gasteiger partial charge in [0.2, 0.25) is 0 Å². The number of carboxylic acids is 1. The Morgan fingerprint density at radius 1 is 1.44 bits per heavy atom. The van der Waals surface area contributed by atoms with Gasteiger partial charge in [-0.2, -0.15) is 11.3 Å². The molecular formula is C11H13N3O2S2. The van der Waals surface area contributed by atoms with Crippen LogP contribution in [-0.2, 0) is 11.3 Å². The summed E-state index contributed by atoms with van der Waals surface area (Å²) in [6.07, 6.45) is 0. The molecule has 0 saturated carbocycles. The number of aryl methyl sites for hydroxylation is 2. The molecular weight excluding hydrogens is 270 g/mol. The second kappa shape index (κ2) is 5.53. The SMILES string of the molecule is Cc1cscc1Cn1c(C)nnc1SCC(=O)O. The first-order chi connectivity index (χ1) is 8.58. The molecule has 0 amide bonds. The van der Waals surface area contributed by atoms with E-state index in [1.807, 2.05) is 11.5 Å². The van der Waals surface area contributed by atoms with Gasteiger partial charge in [-0.3, -0.25) is 4.79 Å². The molecule has 0 radical (unpaired) electrons. The predicted molar refractivity (Wildman–Crippen MR) is 71.3 cm³/mol. The van der Waals surface area contributed by atoms with E-state index >= 15 is 0 Å². The van der Waals surface area contributed by atoms with Crippen molar-refractivity contribution in [2.45, 2.75) is 25.5 Å². The third-order valence-corrected chi connectivity index (χ3v) is 4.38. The molecule has 0 atom stereocenters. The Balaban J connectivity index is 2.19. The van der Waals surface area contributed by atoms with Crippen molar-refractivity contribution in [2.24, 2.45) is 0 Å². The van der Waals surface area contributed by atoms with E-state index in [0.29, 0.717) is 11.7 Å². The van der Waals surface area contributed by atoms with Gasteiger partial charge in [0.1, 0.15) is 5.82 Å². The van der Waals surface area contributed by atoms with Crippen molar-refractivity contribution in [3.63, 3.8) is 0 Å². The third-order valence-electron chi connectivity index (χ3n) is 2.52. The van der Waals surface area contributed by atoms with Crippen molar-refractivity contribution in [1.82, 2.24) is 14.8 Å². The van der Waals surface area contributed by atoms with Gasteiger partial charge >= 0.3 is 5.97 Å². The minimum absolute atomic E-state index is 0.000746. The van der Waals surface area contributed by atoms with E-state index in [2.05, 4.69) is 27.9 Å². The summed E-state index contributed by atoms with van der Waals surface area (Å²) in [7, 11) is 0. The van der Waals surface area contributed by atoms with E-state index in [9.17, 15) is 4.79 Å². The normalized spacial score (nSPS) is 10.8. The second-order valence-corrected chi connectivity index (χ2v) is 5.56. The maximum absolute atomic E-state index is 10.6. The predicted octanol–water partition coefficient (Wildman–Crippen LogP) is 2.18. The number of rotatable bonds is 5. The largest absolute Gasteiger partial charge is 0.481 e. The lowest BCUT2D eigenvalue weighted by atomic mass is 10.2. The van der Waals surface area contributed by atoms with E-state index in [4.69, 9.17) is 5.11 Å². The highest BCUT2D eigenvalue weighted by Crippen LogP contribution is 2.21. The first-order valence-electron chi connectivity index (χ1n) is 5.34. The summed E-state index contributed by atoms with van der Waals surface area (Å²) >= 11 is 2.86. The number of carboxylic acid groups (broad SMARTS) is 1. The first kappa shape index (κ1) is 13.1. The summed E-state index contributed by atoms with van der Waals surface area (Å²) in [4.78, 5) is 10.6. The van der Waals surface area contributed by atoms with Crippen molar-refractivity contribution in [3.05, 3.63) is 27.7 Å². The number of carbonyl (C=O) groups is 1. The molecule has 2 aromatic heterocycles. The van der Waals surface area contributed by atoms with Gasteiger partial charge in [-0.25, -0.2) is 0 Å². The maximum atomic E-state index is 10.6. The van der Waals surface area contributed by atoms with E-state index in [1.54, 1.807) is 11.3 Å². The van der Waals surface area contributed by atoms with Crippen LogP contribution in [0.1, 0.15) is 17.0 Å². The monoisotopic (exact) mass is 283 g/mol. The van der Waals surface area contributed by atoms with Gasteiger partial charge in [0.25, 0.3) is 0 Å². The lowest BCUT2D eigenvalue weighted by Gasteiger charge is -2.07. The van der Waals surface area contributed by atoms with Crippen LogP contribution in [0, 0.1) is 13.8 Å². The van der Waals surface area contributed by atoms with Crippen molar-refractivity contribution in [1.29, 1.82) is 0 Å². The summed E-state index contributed by atoms with van der Waals surface area (Å²) in [6.45, 7) is 4.63. The Bertz CT molecular complexity index is 562. The Morgan fingerprint density at radius 3 is 2.83 bits per heavy atom. The molecule has 18 heavy (non-hydrogen) atoms. The fourth-order valence-corrected chi connectivity index (χ4v) is 3.05. The highest BCUT2D eigenvalue weighted by atomic mass is 32.2. The van der Waals surface area contributed by atoms with Gasteiger partial charge in [-0.1, -0.05) is 11.8 Å². The lowest BCUT2D eigenvalue weighted by molar-refractivity contribution is -0.133. The minimum Gasteiger partial charge on any atom is -0.481 e. The Morgan fingerprint density at radius 2 is 2.22 bits per heavy atom. The molecule has 0 spiro atoms.